The van der Waals surface area contributed by atoms with Crippen LogP contribution in [0.15, 0.2) is 67.6 Å². The molecule has 4 heterocycles. The monoisotopic (exact) mass is 631 g/mol. The van der Waals surface area contributed by atoms with Gasteiger partial charge in [-0.1, -0.05) is 6.58 Å². The number of hydrogen-bond acceptors (Lipinski definition) is 10. The average molecular weight is 632 g/mol. The Morgan fingerprint density at radius 1 is 1.02 bits per heavy atom. The van der Waals surface area contributed by atoms with Crippen LogP contribution in [0.25, 0.3) is 10.9 Å². The summed E-state index contributed by atoms with van der Waals surface area (Å²) in [7, 11) is 0.813. The van der Waals surface area contributed by atoms with E-state index < -0.39 is 16.6 Å². The first-order chi connectivity index (χ1) is 21.9. The van der Waals surface area contributed by atoms with Crippen molar-refractivity contribution >= 4 is 50.6 Å². The van der Waals surface area contributed by atoms with Crippen LogP contribution in [0.4, 0.5) is 27.4 Å². The molecule has 2 aliphatic rings. The lowest BCUT2D eigenvalue weighted by molar-refractivity contribution is -0.126. The van der Waals surface area contributed by atoms with E-state index in [0.717, 1.165) is 24.3 Å². The van der Waals surface area contributed by atoms with Crippen LogP contribution < -0.4 is 25.0 Å². The van der Waals surface area contributed by atoms with Crippen LogP contribution in [-0.4, -0.2) is 80.8 Å². The Hall–Kier alpha value is -4.78. The molecule has 45 heavy (non-hydrogen) atoms. The molecule has 234 valence electrons. The number of nitrogens with one attached hydrogen (secondary N) is 2. The number of likely N-dealkylation sites (tertiary alicyclic amines) is 1. The van der Waals surface area contributed by atoms with Gasteiger partial charge in [0.05, 0.1) is 24.0 Å². The third-order valence-electron chi connectivity index (χ3n) is 7.95. The highest BCUT2D eigenvalue weighted by atomic mass is 32.2. The van der Waals surface area contributed by atoms with Crippen molar-refractivity contribution < 1.29 is 22.9 Å². The number of methoxy groups -OCH3 is 1. The summed E-state index contributed by atoms with van der Waals surface area (Å²) < 4.78 is 38.7. The molecule has 2 N–H and O–H groups in total. The van der Waals surface area contributed by atoms with E-state index in [2.05, 4.69) is 37.1 Å². The smallest absolute Gasteiger partial charge is 0.245 e. The first kappa shape index (κ1) is 30.3. The van der Waals surface area contributed by atoms with Crippen molar-refractivity contribution in [2.75, 3.05) is 60.3 Å². The molecule has 2 aromatic heterocycles. The Morgan fingerprint density at radius 2 is 1.80 bits per heavy atom. The van der Waals surface area contributed by atoms with Gasteiger partial charge in [0.25, 0.3) is 0 Å². The SMILES string of the molecule is C=CC(=O)N1CCC(Nc2cc3c(Nc4ccc(Oc5ccnc(N6CCS(=O)CC6)c5)cc4F)ncnc3cc2OC)CC1. The molecule has 0 spiro atoms. The minimum atomic E-state index is -0.785. The highest BCUT2D eigenvalue weighted by Gasteiger charge is 2.23. The van der Waals surface area contributed by atoms with Gasteiger partial charge >= 0.3 is 0 Å². The van der Waals surface area contributed by atoms with E-state index in [4.69, 9.17) is 9.47 Å². The first-order valence-electron chi connectivity index (χ1n) is 14.7. The molecule has 0 bridgehead atoms. The van der Waals surface area contributed by atoms with E-state index in [1.165, 1.54) is 18.5 Å². The van der Waals surface area contributed by atoms with Gasteiger partial charge in [-0.3, -0.25) is 9.00 Å². The summed E-state index contributed by atoms with van der Waals surface area (Å²) in [5.74, 6) is 3.30. The lowest BCUT2D eigenvalue weighted by Gasteiger charge is -2.32. The number of pyridine rings is 1. The second kappa shape index (κ2) is 13.5. The number of carbonyl (C=O) groups excluding carboxylic acids is 1. The number of ether oxygens (including phenoxy) is 2. The molecule has 2 aliphatic heterocycles. The summed E-state index contributed by atoms with van der Waals surface area (Å²) >= 11 is 0. The van der Waals surface area contributed by atoms with E-state index in [0.29, 0.717) is 71.7 Å². The fourth-order valence-electron chi connectivity index (χ4n) is 5.49. The number of nitrogens with zero attached hydrogens (tertiary/aromatic N) is 5. The lowest BCUT2D eigenvalue weighted by atomic mass is 10.0. The van der Waals surface area contributed by atoms with Gasteiger partial charge in [-0.15, -0.1) is 0 Å². The Morgan fingerprint density at radius 3 is 2.53 bits per heavy atom. The number of hydrogen-bond donors (Lipinski definition) is 2. The number of fused-ring (bicyclic) bond motifs is 1. The molecule has 2 saturated heterocycles. The molecule has 0 aliphatic carbocycles. The van der Waals surface area contributed by atoms with Gasteiger partial charge in [-0.25, -0.2) is 19.3 Å². The maximum Gasteiger partial charge on any atom is 0.245 e. The zero-order valence-electron chi connectivity index (χ0n) is 24.9. The van der Waals surface area contributed by atoms with Crippen LogP contribution in [0, 0.1) is 5.82 Å². The fraction of sp³-hybridized carbons (Fsp3) is 0.312. The predicted molar refractivity (Wildman–Crippen MR) is 174 cm³/mol. The number of piperidine rings is 1. The normalized spacial score (nSPS) is 16.0. The van der Waals surface area contributed by atoms with Crippen molar-refractivity contribution in [3.63, 3.8) is 0 Å². The molecule has 6 rings (SSSR count). The van der Waals surface area contributed by atoms with Gasteiger partial charge < -0.3 is 29.9 Å². The zero-order valence-corrected chi connectivity index (χ0v) is 25.7. The van der Waals surface area contributed by atoms with Crippen LogP contribution >= 0.6 is 0 Å². The number of rotatable bonds is 9. The van der Waals surface area contributed by atoms with Crippen LogP contribution in [-0.2, 0) is 15.6 Å². The van der Waals surface area contributed by atoms with Gasteiger partial charge in [0, 0.05) is 84.3 Å². The van der Waals surface area contributed by atoms with Gasteiger partial charge in [0.2, 0.25) is 5.91 Å². The maximum absolute atomic E-state index is 15.4. The summed E-state index contributed by atoms with van der Waals surface area (Å²) in [5.41, 5.74) is 1.62. The zero-order chi connectivity index (χ0) is 31.3. The summed E-state index contributed by atoms with van der Waals surface area (Å²) in [4.78, 5) is 29.0. The molecular weight excluding hydrogens is 597 g/mol. The van der Waals surface area contributed by atoms with Crippen molar-refractivity contribution in [2.45, 2.75) is 18.9 Å². The molecule has 1 amide bonds. The Kier molecular flexibility index (Phi) is 9.06. The highest BCUT2D eigenvalue weighted by Crippen LogP contribution is 2.35. The van der Waals surface area contributed by atoms with Crippen LogP contribution in [0.1, 0.15) is 12.8 Å². The van der Waals surface area contributed by atoms with E-state index in [1.807, 2.05) is 12.1 Å². The standard InChI is InChI=1S/C32H34FN7O4S/c1-3-31(41)40-10-7-21(8-11-40)37-28-18-24-27(19-29(28)43-2)35-20-36-32(24)38-26-5-4-22(16-25(26)33)44-23-6-9-34-30(17-23)39-12-14-45(42)15-13-39/h3-6,9,16-21,37H,1,7-8,10-15H2,2H3,(H,35,36,38). The molecule has 13 heteroatoms. The van der Waals surface area contributed by atoms with Gasteiger partial charge in [-0.2, -0.15) is 0 Å². The molecular formula is C32H34FN7O4S. The molecule has 0 unspecified atom stereocenters. The number of anilines is 4. The topological polar surface area (TPSA) is 122 Å². The lowest BCUT2D eigenvalue weighted by Crippen LogP contribution is -2.41. The van der Waals surface area contributed by atoms with Crippen molar-refractivity contribution in [2.24, 2.45) is 0 Å². The van der Waals surface area contributed by atoms with E-state index in [9.17, 15) is 9.00 Å². The molecule has 11 nitrogen and oxygen atoms in total. The molecule has 0 saturated carbocycles. The molecule has 0 atom stereocenters. The summed E-state index contributed by atoms with van der Waals surface area (Å²) in [6, 6.07) is 12.0. The van der Waals surface area contributed by atoms with Gasteiger partial charge in [0.1, 0.15) is 41.0 Å². The second-order valence-corrected chi connectivity index (χ2v) is 12.5. The van der Waals surface area contributed by atoms with Gasteiger partial charge in [0.15, 0.2) is 0 Å². The number of aromatic nitrogens is 3. The van der Waals surface area contributed by atoms with Crippen molar-refractivity contribution in [1.29, 1.82) is 0 Å². The Balaban J connectivity index is 1.17. The van der Waals surface area contributed by atoms with Crippen molar-refractivity contribution in [3.05, 3.63) is 73.5 Å². The molecule has 0 radical (unpaired) electrons. The summed E-state index contributed by atoms with van der Waals surface area (Å²) in [6.45, 7) is 6.18. The van der Waals surface area contributed by atoms with Crippen LogP contribution in [0.3, 0.4) is 0 Å². The maximum atomic E-state index is 15.4. The summed E-state index contributed by atoms with van der Waals surface area (Å²) in [5, 5.41) is 7.34. The summed E-state index contributed by atoms with van der Waals surface area (Å²) in [6.07, 6.45) is 5.96. The minimum Gasteiger partial charge on any atom is -0.495 e. The van der Waals surface area contributed by atoms with E-state index in [1.54, 1.807) is 42.5 Å². The minimum absolute atomic E-state index is 0.0589. The van der Waals surface area contributed by atoms with Crippen molar-refractivity contribution in [1.82, 2.24) is 19.9 Å². The van der Waals surface area contributed by atoms with Crippen LogP contribution in [0.5, 0.6) is 17.2 Å². The largest absolute Gasteiger partial charge is 0.495 e. The van der Waals surface area contributed by atoms with Gasteiger partial charge in [-0.05, 0) is 43.2 Å². The Labute approximate surface area is 262 Å². The number of halogens is 1. The number of carbonyl (C=O) groups is 1. The third-order valence-corrected chi connectivity index (χ3v) is 9.22. The predicted octanol–water partition coefficient (Wildman–Crippen LogP) is 4.87. The van der Waals surface area contributed by atoms with Crippen molar-refractivity contribution in [3.8, 4) is 17.2 Å². The van der Waals surface area contributed by atoms with E-state index >= 15 is 4.39 Å². The molecule has 4 aromatic rings. The third kappa shape index (κ3) is 6.98. The second-order valence-electron chi connectivity index (χ2n) is 10.8. The van der Waals surface area contributed by atoms with E-state index in [-0.39, 0.29) is 17.6 Å². The molecule has 2 fully saturated rings. The van der Waals surface area contributed by atoms with Crippen LogP contribution in [0.2, 0.25) is 0 Å². The quantitative estimate of drug-likeness (QED) is 0.248. The average Bonchev–Trinajstić information content (AvgIpc) is 3.06. The molecule has 2 aromatic carbocycles. The first-order valence-corrected chi connectivity index (χ1v) is 16.2. The Bertz CT molecular complexity index is 1740. The fourth-order valence-corrected chi connectivity index (χ4v) is 6.54. The highest BCUT2D eigenvalue weighted by molar-refractivity contribution is 7.85. The number of amides is 1. The number of benzene rings is 2.